The highest BCUT2D eigenvalue weighted by Gasteiger charge is 2.38. The molecular formula is C23H24N6O3S. The lowest BCUT2D eigenvalue weighted by Gasteiger charge is -2.31. The van der Waals surface area contributed by atoms with Crippen molar-refractivity contribution in [3.63, 3.8) is 0 Å². The zero-order valence-electron chi connectivity index (χ0n) is 18.5. The van der Waals surface area contributed by atoms with Gasteiger partial charge in [0.05, 0.1) is 24.8 Å². The van der Waals surface area contributed by atoms with Gasteiger partial charge in [-0.3, -0.25) is 4.79 Å². The van der Waals surface area contributed by atoms with Crippen LogP contribution in [0.2, 0.25) is 0 Å². The third-order valence-corrected chi connectivity index (χ3v) is 6.24. The molecule has 0 radical (unpaired) electrons. The Morgan fingerprint density at radius 2 is 1.94 bits per heavy atom. The van der Waals surface area contributed by atoms with Gasteiger partial charge < -0.3 is 25.8 Å². The topological polar surface area (TPSA) is 124 Å². The number of nitrogens with zero attached hydrogens (tertiary/aromatic N) is 3. The number of amides is 1. The number of rotatable bonds is 8. The second-order valence-electron chi connectivity index (χ2n) is 7.37. The molecule has 1 atom stereocenters. The zero-order valence-corrected chi connectivity index (χ0v) is 19.3. The van der Waals surface area contributed by atoms with Gasteiger partial charge in [0.1, 0.15) is 17.4 Å². The summed E-state index contributed by atoms with van der Waals surface area (Å²) in [4.78, 5) is 24.9. The Bertz CT molecular complexity index is 1180. The average molecular weight is 465 g/mol. The molecule has 0 spiro atoms. The van der Waals surface area contributed by atoms with Crippen molar-refractivity contribution < 1.29 is 14.3 Å². The Labute approximate surface area is 195 Å². The van der Waals surface area contributed by atoms with Crippen LogP contribution in [0.15, 0.2) is 59.8 Å². The molecule has 3 heterocycles. The first-order valence-electron chi connectivity index (χ1n) is 10.1. The van der Waals surface area contributed by atoms with Crippen LogP contribution in [-0.4, -0.2) is 40.1 Å². The third kappa shape index (κ3) is 5.17. The van der Waals surface area contributed by atoms with Crippen LogP contribution >= 0.6 is 11.8 Å². The Kier molecular flexibility index (Phi) is 6.36. The number of primary amides is 1. The monoisotopic (exact) mass is 464 g/mol. The second kappa shape index (κ2) is 9.37. The second-order valence-corrected chi connectivity index (χ2v) is 8.71. The quantitative estimate of drug-likeness (QED) is 0.461. The van der Waals surface area contributed by atoms with Gasteiger partial charge in [0.15, 0.2) is 4.99 Å². The third-order valence-electron chi connectivity index (χ3n) is 4.98. The number of hydrogen-bond acceptors (Lipinski definition) is 9. The van der Waals surface area contributed by atoms with Crippen molar-refractivity contribution in [1.82, 2.24) is 20.3 Å². The van der Waals surface area contributed by atoms with Gasteiger partial charge in [-0.05, 0) is 30.7 Å². The number of thioether (sulfide) groups is 1. The van der Waals surface area contributed by atoms with Gasteiger partial charge in [0.2, 0.25) is 5.88 Å². The lowest BCUT2D eigenvalue weighted by atomic mass is 10.1. The predicted octanol–water partition coefficient (Wildman–Crippen LogP) is 2.84. The molecule has 1 aliphatic heterocycles. The van der Waals surface area contributed by atoms with E-state index in [9.17, 15) is 4.79 Å². The van der Waals surface area contributed by atoms with Gasteiger partial charge in [-0.15, -0.1) is 0 Å². The summed E-state index contributed by atoms with van der Waals surface area (Å²) in [7, 11) is 3.20. The minimum atomic E-state index is -0.769. The molecule has 9 nitrogen and oxygen atoms in total. The van der Waals surface area contributed by atoms with E-state index in [0.29, 0.717) is 34.5 Å². The first-order chi connectivity index (χ1) is 15.9. The number of methoxy groups -OCH3 is 2. The molecule has 0 saturated heterocycles. The van der Waals surface area contributed by atoms with Crippen molar-refractivity contribution in [3.05, 3.63) is 71.2 Å². The predicted molar refractivity (Wildman–Crippen MR) is 128 cm³/mol. The summed E-state index contributed by atoms with van der Waals surface area (Å²) in [6, 6.07) is 13.3. The minimum Gasteiger partial charge on any atom is -0.497 e. The molecule has 0 bridgehead atoms. The van der Waals surface area contributed by atoms with E-state index in [1.165, 1.54) is 11.8 Å². The number of carbonyl (C=O) groups is 1. The molecule has 0 aliphatic carbocycles. The lowest BCUT2D eigenvalue weighted by Crippen LogP contribution is -2.46. The van der Waals surface area contributed by atoms with E-state index in [4.69, 9.17) is 15.2 Å². The van der Waals surface area contributed by atoms with Gasteiger partial charge >= 0.3 is 0 Å². The van der Waals surface area contributed by atoms with E-state index < -0.39 is 10.9 Å². The van der Waals surface area contributed by atoms with Crippen molar-refractivity contribution in [3.8, 4) is 22.9 Å². The molecule has 1 amide bonds. The van der Waals surface area contributed by atoms with Crippen LogP contribution in [0.4, 0.5) is 5.82 Å². The number of nitrogens with one attached hydrogen (secondary N) is 2. The number of benzene rings is 1. The summed E-state index contributed by atoms with van der Waals surface area (Å²) < 4.78 is 10.4. The van der Waals surface area contributed by atoms with E-state index in [-0.39, 0.29) is 0 Å². The Balaban J connectivity index is 1.64. The maximum Gasteiger partial charge on any atom is 0.256 e. The van der Waals surface area contributed by atoms with Crippen LogP contribution in [0.5, 0.6) is 11.6 Å². The van der Waals surface area contributed by atoms with Crippen molar-refractivity contribution in [2.45, 2.75) is 18.3 Å². The first kappa shape index (κ1) is 22.4. The normalized spacial score (nSPS) is 17.1. The molecule has 0 saturated carbocycles. The molecule has 1 unspecified atom stereocenters. The van der Waals surface area contributed by atoms with Gasteiger partial charge in [-0.25, -0.2) is 15.0 Å². The molecule has 33 heavy (non-hydrogen) atoms. The van der Waals surface area contributed by atoms with Crippen LogP contribution in [0.3, 0.4) is 0 Å². The van der Waals surface area contributed by atoms with E-state index >= 15 is 0 Å². The molecular weight excluding hydrogens is 440 g/mol. The largest absolute Gasteiger partial charge is 0.497 e. The summed E-state index contributed by atoms with van der Waals surface area (Å²) in [5.74, 6) is 2.00. The highest BCUT2D eigenvalue weighted by molar-refractivity contribution is 8.05. The minimum absolute atomic E-state index is 0.432. The summed E-state index contributed by atoms with van der Waals surface area (Å²) >= 11 is 1.32. The zero-order chi connectivity index (χ0) is 23.4. The molecule has 2 aromatic heterocycles. The fourth-order valence-corrected chi connectivity index (χ4v) is 4.52. The van der Waals surface area contributed by atoms with E-state index in [2.05, 4.69) is 25.6 Å². The van der Waals surface area contributed by atoms with Gasteiger partial charge in [0, 0.05) is 36.5 Å². The van der Waals surface area contributed by atoms with Gasteiger partial charge in [0.25, 0.3) is 5.91 Å². The Morgan fingerprint density at radius 1 is 1.15 bits per heavy atom. The molecule has 1 aliphatic rings. The molecule has 4 rings (SSSR count). The molecule has 3 aromatic rings. The molecule has 0 fully saturated rings. The van der Waals surface area contributed by atoms with E-state index in [1.54, 1.807) is 32.7 Å². The number of aromatic nitrogens is 3. The number of pyridine rings is 1. The van der Waals surface area contributed by atoms with E-state index in [0.717, 1.165) is 16.9 Å². The highest BCUT2D eigenvalue weighted by atomic mass is 32.2. The van der Waals surface area contributed by atoms with Crippen LogP contribution in [0.1, 0.15) is 11.4 Å². The standard InChI is InChI=1S/C23H24N6O3S/c1-14-27-18(16-6-9-21(32-3)25-12-16)10-20(28-14)29-23(26-13-19(33-23)22(24)30)11-15-4-7-17(31-2)8-5-15/h4-10,12-13,26H,11H2,1-3H3,(H2,24,30)(H,27,28,29). The average Bonchev–Trinajstić information content (AvgIpc) is 3.23. The first-order valence-corrected chi connectivity index (χ1v) is 11.0. The fourth-order valence-electron chi connectivity index (χ4n) is 3.41. The summed E-state index contributed by atoms with van der Waals surface area (Å²) in [5.41, 5.74) is 8.12. The molecule has 4 N–H and O–H groups in total. The number of nitrogens with two attached hydrogens (primary N) is 1. The summed E-state index contributed by atoms with van der Waals surface area (Å²) in [5, 5.41) is 6.74. The lowest BCUT2D eigenvalue weighted by molar-refractivity contribution is -0.113. The number of carbonyl (C=O) groups excluding carboxylic acids is 1. The fraction of sp³-hybridized carbons (Fsp3) is 0.217. The van der Waals surface area contributed by atoms with E-state index in [1.807, 2.05) is 43.3 Å². The van der Waals surface area contributed by atoms with Gasteiger partial charge in [-0.1, -0.05) is 23.9 Å². The Morgan fingerprint density at radius 3 is 2.55 bits per heavy atom. The summed E-state index contributed by atoms with van der Waals surface area (Å²) in [6.07, 6.45) is 3.87. The Hall–Kier alpha value is -3.79. The van der Waals surface area contributed by atoms with Crippen molar-refractivity contribution >= 4 is 23.5 Å². The summed E-state index contributed by atoms with van der Waals surface area (Å²) in [6.45, 7) is 1.82. The van der Waals surface area contributed by atoms with Crippen molar-refractivity contribution in [2.24, 2.45) is 5.73 Å². The van der Waals surface area contributed by atoms with Crippen molar-refractivity contribution in [2.75, 3.05) is 19.5 Å². The molecule has 170 valence electrons. The van der Waals surface area contributed by atoms with Crippen LogP contribution in [0.25, 0.3) is 11.3 Å². The maximum atomic E-state index is 11.8. The maximum absolute atomic E-state index is 11.8. The van der Waals surface area contributed by atoms with Gasteiger partial charge in [-0.2, -0.15) is 0 Å². The van der Waals surface area contributed by atoms with Crippen molar-refractivity contribution in [1.29, 1.82) is 0 Å². The number of anilines is 1. The van der Waals surface area contributed by atoms with Crippen LogP contribution < -0.4 is 25.8 Å². The number of hydrogen-bond donors (Lipinski definition) is 3. The SMILES string of the molecule is COc1ccc(CC2(Nc3cc(-c4ccc(OC)nc4)nc(C)n3)NC=C(C(N)=O)S2)cc1. The number of ether oxygens (including phenoxy) is 2. The molecule has 10 heteroatoms. The highest BCUT2D eigenvalue weighted by Crippen LogP contribution is 2.38. The number of aryl methyl sites for hydroxylation is 1. The van der Waals surface area contributed by atoms with Crippen LogP contribution in [-0.2, 0) is 11.2 Å². The smallest absolute Gasteiger partial charge is 0.256 e. The molecule has 1 aromatic carbocycles. The van der Waals surface area contributed by atoms with Crippen LogP contribution in [0, 0.1) is 6.92 Å².